The van der Waals surface area contributed by atoms with Crippen LogP contribution in [-0.2, 0) is 4.79 Å². The number of nitrogens with zero attached hydrogens (tertiary/aromatic N) is 2. The first kappa shape index (κ1) is 16.6. The third-order valence-electron chi connectivity index (χ3n) is 4.70. The standard InChI is InChI=1S/C16H18ClN3O4/c1-16(14(22)23)5-2-7-20(16)13(21)11-9-10(3-4-12(11)17)19-8-6-18-15(19)24/h3-4,9H,2,5-8H2,1H3,(H,18,24)(H,22,23). The maximum Gasteiger partial charge on any atom is 0.329 e. The highest BCUT2D eigenvalue weighted by molar-refractivity contribution is 6.34. The number of amides is 3. The van der Waals surface area contributed by atoms with Gasteiger partial charge in [-0.2, -0.15) is 0 Å². The average Bonchev–Trinajstić information content (AvgIpc) is 3.14. The Morgan fingerprint density at radius 1 is 1.33 bits per heavy atom. The predicted octanol–water partition coefficient (Wildman–Crippen LogP) is 1.95. The fourth-order valence-corrected chi connectivity index (χ4v) is 3.42. The highest BCUT2D eigenvalue weighted by Gasteiger charge is 2.46. The van der Waals surface area contributed by atoms with Crippen molar-refractivity contribution in [3.63, 3.8) is 0 Å². The summed E-state index contributed by atoms with van der Waals surface area (Å²) < 4.78 is 0. The molecule has 2 heterocycles. The zero-order valence-corrected chi connectivity index (χ0v) is 14.0. The van der Waals surface area contributed by atoms with Crippen molar-refractivity contribution in [1.29, 1.82) is 0 Å². The molecular weight excluding hydrogens is 334 g/mol. The number of nitrogens with one attached hydrogen (secondary N) is 1. The number of carbonyl (C=O) groups is 3. The lowest BCUT2D eigenvalue weighted by Gasteiger charge is -2.31. The molecule has 3 amide bonds. The predicted molar refractivity (Wildman–Crippen MR) is 88.5 cm³/mol. The summed E-state index contributed by atoms with van der Waals surface area (Å²) in [4.78, 5) is 39.2. The van der Waals surface area contributed by atoms with Crippen molar-refractivity contribution < 1.29 is 19.5 Å². The van der Waals surface area contributed by atoms with E-state index in [1.165, 1.54) is 9.80 Å². The molecule has 0 radical (unpaired) electrons. The lowest BCUT2D eigenvalue weighted by Crippen LogP contribution is -2.50. The van der Waals surface area contributed by atoms with Gasteiger partial charge in [0.15, 0.2) is 0 Å². The van der Waals surface area contributed by atoms with Crippen LogP contribution in [0, 0.1) is 0 Å². The van der Waals surface area contributed by atoms with Gasteiger partial charge >= 0.3 is 12.0 Å². The Bertz CT molecular complexity index is 723. The smallest absolute Gasteiger partial charge is 0.329 e. The molecule has 1 aromatic rings. The van der Waals surface area contributed by atoms with E-state index in [2.05, 4.69) is 5.32 Å². The second-order valence-corrected chi connectivity index (χ2v) is 6.59. The Morgan fingerprint density at radius 2 is 2.08 bits per heavy atom. The second kappa shape index (κ2) is 5.98. The van der Waals surface area contributed by atoms with Crippen LogP contribution in [0.25, 0.3) is 0 Å². The van der Waals surface area contributed by atoms with E-state index in [4.69, 9.17) is 11.6 Å². The molecule has 7 nitrogen and oxygen atoms in total. The first-order chi connectivity index (χ1) is 11.3. The van der Waals surface area contributed by atoms with Crippen LogP contribution in [0.5, 0.6) is 0 Å². The maximum atomic E-state index is 12.9. The van der Waals surface area contributed by atoms with Crippen LogP contribution in [0.1, 0.15) is 30.1 Å². The van der Waals surface area contributed by atoms with Crippen molar-refractivity contribution in [2.24, 2.45) is 0 Å². The van der Waals surface area contributed by atoms with Gasteiger partial charge in [0.25, 0.3) is 5.91 Å². The Labute approximate surface area is 144 Å². The summed E-state index contributed by atoms with van der Waals surface area (Å²) in [6.45, 7) is 2.96. The van der Waals surface area contributed by atoms with Gasteiger partial charge < -0.3 is 15.3 Å². The zero-order chi connectivity index (χ0) is 17.5. The van der Waals surface area contributed by atoms with Gasteiger partial charge in [-0.3, -0.25) is 9.69 Å². The van der Waals surface area contributed by atoms with E-state index in [1.54, 1.807) is 25.1 Å². The van der Waals surface area contributed by atoms with Crippen LogP contribution in [0.2, 0.25) is 5.02 Å². The molecule has 2 fully saturated rings. The monoisotopic (exact) mass is 351 g/mol. The third kappa shape index (κ3) is 2.58. The molecule has 0 aliphatic carbocycles. The topological polar surface area (TPSA) is 89.9 Å². The van der Waals surface area contributed by atoms with Crippen LogP contribution in [0.4, 0.5) is 10.5 Å². The fraction of sp³-hybridized carbons (Fsp3) is 0.438. The molecule has 2 aliphatic rings. The summed E-state index contributed by atoms with van der Waals surface area (Å²) in [6.07, 6.45) is 1.03. The molecule has 0 saturated carbocycles. The molecule has 128 valence electrons. The number of urea groups is 1. The summed E-state index contributed by atoms with van der Waals surface area (Å²) >= 11 is 6.17. The molecule has 1 unspecified atom stereocenters. The van der Waals surface area contributed by atoms with Gasteiger partial charge in [-0.25, -0.2) is 9.59 Å². The number of carboxylic acids is 1. The highest BCUT2D eigenvalue weighted by atomic mass is 35.5. The Morgan fingerprint density at radius 3 is 2.71 bits per heavy atom. The largest absolute Gasteiger partial charge is 0.480 e. The molecular formula is C16H18ClN3O4. The molecule has 24 heavy (non-hydrogen) atoms. The van der Waals surface area contributed by atoms with Crippen LogP contribution in [0.15, 0.2) is 18.2 Å². The molecule has 1 atom stereocenters. The third-order valence-corrected chi connectivity index (χ3v) is 5.03. The Kier molecular flexibility index (Phi) is 4.13. The normalized spacial score (nSPS) is 23.5. The summed E-state index contributed by atoms with van der Waals surface area (Å²) in [5.74, 6) is -1.46. The molecule has 2 aliphatic heterocycles. The van der Waals surface area contributed by atoms with Gasteiger partial charge in [0.05, 0.1) is 10.6 Å². The van der Waals surface area contributed by atoms with Gasteiger partial charge in [-0.1, -0.05) is 11.6 Å². The molecule has 8 heteroatoms. The average molecular weight is 352 g/mol. The lowest BCUT2D eigenvalue weighted by atomic mass is 9.98. The highest BCUT2D eigenvalue weighted by Crippen LogP contribution is 2.33. The fourth-order valence-electron chi connectivity index (χ4n) is 3.22. The van der Waals surface area contributed by atoms with Crippen molar-refractivity contribution in [2.45, 2.75) is 25.3 Å². The van der Waals surface area contributed by atoms with Gasteiger partial charge in [-0.15, -0.1) is 0 Å². The molecule has 3 rings (SSSR count). The number of carboxylic acid groups (broad SMARTS) is 1. The van der Waals surface area contributed by atoms with E-state index in [0.717, 1.165) is 0 Å². The summed E-state index contributed by atoms with van der Waals surface area (Å²) in [7, 11) is 0. The van der Waals surface area contributed by atoms with Crippen molar-refractivity contribution in [1.82, 2.24) is 10.2 Å². The molecule has 2 saturated heterocycles. The van der Waals surface area contributed by atoms with E-state index in [1.807, 2.05) is 0 Å². The Hall–Kier alpha value is -2.28. The number of hydrogen-bond acceptors (Lipinski definition) is 3. The number of halogens is 1. The minimum absolute atomic E-state index is 0.211. The number of aliphatic carboxylic acids is 1. The van der Waals surface area contributed by atoms with Crippen LogP contribution < -0.4 is 10.2 Å². The lowest BCUT2D eigenvalue weighted by molar-refractivity contribution is -0.147. The Balaban J connectivity index is 1.95. The summed E-state index contributed by atoms with van der Waals surface area (Å²) in [5, 5.41) is 12.4. The van der Waals surface area contributed by atoms with Gasteiger partial charge in [0, 0.05) is 25.3 Å². The van der Waals surface area contributed by atoms with Gasteiger partial charge in [0.1, 0.15) is 5.54 Å². The van der Waals surface area contributed by atoms with E-state index in [0.29, 0.717) is 38.2 Å². The van der Waals surface area contributed by atoms with Crippen molar-refractivity contribution in [3.8, 4) is 0 Å². The van der Waals surface area contributed by atoms with Crippen molar-refractivity contribution in [3.05, 3.63) is 28.8 Å². The zero-order valence-electron chi connectivity index (χ0n) is 13.2. The SMILES string of the molecule is CC1(C(=O)O)CCCN1C(=O)c1cc(N2CCNC2=O)ccc1Cl. The molecule has 2 N–H and O–H groups in total. The van der Waals surface area contributed by atoms with E-state index < -0.39 is 17.4 Å². The minimum Gasteiger partial charge on any atom is -0.480 e. The van der Waals surface area contributed by atoms with Gasteiger partial charge in [0.2, 0.25) is 0 Å². The van der Waals surface area contributed by atoms with E-state index >= 15 is 0 Å². The quantitative estimate of drug-likeness (QED) is 0.871. The van der Waals surface area contributed by atoms with Crippen LogP contribution in [-0.4, -0.2) is 53.1 Å². The van der Waals surface area contributed by atoms with Crippen LogP contribution >= 0.6 is 11.6 Å². The second-order valence-electron chi connectivity index (χ2n) is 6.19. The van der Waals surface area contributed by atoms with Crippen molar-refractivity contribution >= 4 is 35.2 Å². The minimum atomic E-state index is -1.23. The van der Waals surface area contributed by atoms with Crippen molar-refractivity contribution in [2.75, 3.05) is 24.5 Å². The summed E-state index contributed by atoms with van der Waals surface area (Å²) in [5.41, 5.74) is -0.459. The first-order valence-corrected chi connectivity index (χ1v) is 8.12. The summed E-state index contributed by atoms with van der Waals surface area (Å²) in [6, 6.07) is 4.55. The number of carbonyl (C=O) groups excluding carboxylic acids is 2. The first-order valence-electron chi connectivity index (χ1n) is 7.75. The molecule has 1 aromatic carbocycles. The van der Waals surface area contributed by atoms with E-state index in [9.17, 15) is 19.5 Å². The number of benzene rings is 1. The number of likely N-dealkylation sites (tertiary alicyclic amines) is 1. The number of anilines is 1. The number of hydrogen-bond donors (Lipinski definition) is 2. The van der Waals surface area contributed by atoms with Crippen LogP contribution in [0.3, 0.4) is 0 Å². The molecule has 0 bridgehead atoms. The van der Waals surface area contributed by atoms with E-state index in [-0.39, 0.29) is 16.6 Å². The molecule has 0 aromatic heterocycles. The maximum absolute atomic E-state index is 12.9. The van der Waals surface area contributed by atoms with Gasteiger partial charge in [-0.05, 0) is 38.0 Å². The molecule has 0 spiro atoms. The number of rotatable bonds is 3.